The zero-order valence-electron chi connectivity index (χ0n) is 9.60. The highest BCUT2D eigenvalue weighted by molar-refractivity contribution is 5.96. The van der Waals surface area contributed by atoms with Crippen LogP contribution >= 0.6 is 0 Å². The van der Waals surface area contributed by atoms with Gasteiger partial charge in [-0.3, -0.25) is 14.8 Å². The van der Waals surface area contributed by atoms with Crippen molar-refractivity contribution in [2.75, 3.05) is 7.11 Å². The van der Waals surface area contributed by atoms with Crippen LogP contribution in [-0.2, 0) is 4.79 Å². The third-order valence-electron chi connectivity index (χ3n) is 2.34. The lowest BCUT2D eigenvalue weighted by molar-refractivity contribution is -0.129. The molecule has 0 radical (unpaired) electrons. The van der Waals surface area contributed by atoms with E-state index in [9.17, 15) is 9.59 Å². The molecule has 1 aromatic carbocycles. The number of ketones is 1. The summed E-state index contributed by atoms with van der Waals surface area (Å²) in [5.74, 6) is 0.187. The summed E-state index contributed by atoms with van der Waals surface area (Å²) < 4.78 is 4.98. The number of Topliss-reactive ketones (excluding diaryl/α,β-unsaturated/α-hetero) is 1. The Morgan fingerprint density at radius 1 is 1.24 bits per heavy atom. The number of carbonyl (C=O) groups excluding carboxylic acids is 2. The number of methoxy groups -OCH3 is 1. The largest absolute Gasteiger partial charge is 0.497 e. The molecule has 1 amide bonds. The number of carbonyl (C=O) groups is 2. The van der Waals surface area contributed by atoms with Crippen LogP contribution < -0.4 is 10.2 Å². The lowest BCUT2D eigenvalue weighted by atomic mass is 10.1. The van der Waals surface area contributed by atoms with Gasteiger partial charge in [0.15, 0.2) is 5.78 Å². The number of hydrogen-bond donors (Lipinski definition) is 2. The molecule has 0 aromatic heterocycles. The first-order valence-electron chi connectivity index (χ1n) is 5.27. The summed E-state index contributed by atoms with van der Waals surface area (Å²) in [7, 11) is 1.56. The van der Waals surface area contributed by atoms with Gasteiger partial charge < -0.3 is 4.74 Å². The van der Waals surface area contributed by atoms with E-state index >= 15 is 0 Å². The molecule has 0 fully saturated rings. The number of amides is 1. The molecule has 1 rings (SSSR count). The van der Waals surface area contributed by atoms with Crippen molar-refractivity contribution >= 4 is 11.7 Å². The van der Waals surface area contributed by atoms with E-state index in [1.165, 1.54) is 5.48 Å². The number of ether oxygens (including phenoxy) is 1. The van der Waals surface area contributed by atoms with Gasteiger partial charge >= 0.3 is 0 Å². The van der Waals surface area contributed by atoms with Crippen LogP contribution in [0.25, 0.3) is 0 Å². The number of hydroxylamine groups is 1. The molecule has 0 aliphatic heterocycles. The topological polar surface area (TPSA) is 75.6 Å². The number of rotatable bonds is 6. The van der Waals surface area contributed by atoms with E-state index in [0.717, 1.165) is 0 Å². The standard InChI is InChI=1S/C12H15NO4/c1-17-10-7-5-9(6-8-10)11(14)3-2-4-12(15)13-16/h5-8,16H,2-4H2,1H3,(H,13,15). The van der Waals surface area contributed by atoms with Gasteiger partial charge in [-0.15, -0.1) is 0 Å². The number of benzene rings is 1. The fourth-order valence-electron chi connectivity index (χ4n) is 1.39. The summed E-state index contributed by atoms with van der Waals surface area (Å²) in [6.07, 6.45) is 0.829. The van der Waals surface area contributed by atoms with Crippen LogP contribution in [0, 0.1) is 0 Å². The summed E-state index contributed by atoms with van der Waals surface area (Å²) >= 11 is 0. The third-order valence-corrected chi connectivity index (χ3v) is 2.34. The van der Waals surface area contributed by atoms with Crippen molar-refractivity contribution in [3.05, 3.63) is 29.8 Å². The predicted molar refractivity (Wildman–Crippen MR) is 61.1 cm³/mol. The lowest BCUT2D eigenvalue weighted by Crippen LogP contribution is -2.18. The fourth-order valence-corrected chi connectivity index (χ4v) is 1.39. The van der Waals surface area contributed by atoms with E-state index in [1.54, 1.807) is 31.4 Å². The van der Waals surface area contributed by atoms with Gasteiger partial charge in [0.25, 0.3) is 0 Å². The number of nitrogens with one attached hydrogen (secondary N) is 1. The van der Waals surface area contributed by atoms with Gasteiger partial charge in [-0.2, -0.15) is 0 Å². The summed E-state index contributed by atoms with van der Waals surface area (Å²) in [6, 6.07) is 6.81. The van der Waals surface area contributed by atoms with E-state index in [2.05, 4.69) is 0 Å². The van der Waals surface area contributed by atoms with E-state index in [0.29, 0.717) is 17.7 Å². The Morgan fingerprint density at radius 2 is 1.88 bits per heavy atom. The Morgan fingerprint density at radius 3 is 2.41 bits per heavy atom. The molecule has 0 saturated heterocycles. The zero-order chi connectivity index (χ0) is 12.7. The second kappa shape index (κ2) is 6.65. The summed E-state index contributed by atoms with van der Waals surface area (Å²) in [5.41, 5.74) is 2.12. The first-order valence-corrected chi connectivity index (χ1v) is 5.27. The number of hydrogen-bond acceptors (Lipinski definition) is 4. The Kier molecular flexibility index (Phi) is 5.16. The van der Waals surface area contributed by atoms with Crippen LogP contribution in [0.2, 0.25) is 0 Å². The molecule has 0 aliphatic carbocycles. The molecule has 17 heavy (non-hydrogen) atoms. The van der Waals surface area contributed by atoms with E-state index in [1.807, 2.05) is 0 Å². The molecule has 0 unspecified atom stereocenters. The molecule has 2 N–H and O–H groups in total. The molecule has 1 aromatic rings. The van der Waals surface area contributed by atoms with E-state index in [4.69, 9.17) is 9.94 Å². The quantitative estimate of drug-likeness (QED) is 0.447. The van der Waals surface area contributed by atoms with Gasteiger partial charge in [-0.25, -0.2) is 5.48 Å². The monoisotopic (exact) mass is 237 g/mol. The van der Waals surface area contributed by atoms with Crippen LogP contribution in [0.1, 0.15) is 29.6 Å². The minimum absolute atomic E-state index is 0.0293. The average molecular weight is 237 g/mol. The summed E-state index contributed by atoms with van der Waals surface area (Å²) in [5, 5.41) is 8.28. The van der Waals surface area contributed by atoms with Crippen molar-refractivity contribution in [2.45, 2.75) is 19.3 Å². The molecule has 0 heterocycles. The van der Waals surface area contributed by atoms with Crippen LogP contribution in [0.5, 0.6) is 5.75 Å². The van der Waals surface area contributed by atoms with Crippen LogP contribution in [0.15, 0.2) is 24.3 Å². The minimum Gasteiger partial charge on any atom is -0.497 e. The maximum atomic E-state index is 11.7. The molecule has 5 nitrogen and oxygen atoms in total. The predicted octanol–water partition coefficient (Wildman–Crippen LogP) is 1.55. The molecule has 0 bridgehead atoms. The SMILES string of the molecule is COc1ccc(C(=O)CCCC(=O)NO)cc1. The molecule has 5 heteroatoms. The normalized spacial score (nSPS) is 9.76. The smallest absolute Gasteiger partial charge is 0.243 e. The maximum absolute atomic E-state index is 11.7. The van der Waals surface area contributed by atoms with Gasteiger partial charge in [0, 0.05) is 18.4 Å². The van der Waals surface area contributed by atoms with Gasteiger partial charge in [0.1, 0.15) is 5.75 Å². The Balaban J connectivity index is 2.44. The van der Waals surface area contributed by atoms with Crippen LogP contribution in [-0.4, -0.2) is 24.0 Å². The molecule has 0 atom stereocenters. The molecular formula is C12H15NO4. The van der Waals surface area contributed by atoms with Gasteiger partial charge in [-0.1, -0.05) is 0 Å². The highest BCUT2D eigenvalue weighted by atomic mass is 16.5. The van der Waals surface area contributed by atoms with Gasteiger partial charge in [0.2, 0.25) is 5.91 Å². The van der Waals surface area contributed by atoms with Crippen LogP contribution in [0.4, 0.5) is 0 Å². The Labute approximate surface area is 99.4 Å². The molecule has 92 valence electrons. The van der Waals surface area contributed by atoms with Crippen molar-refractivity contribution < 1.29 is 19.5 Å². The maximum Gasteiger partial charge on any atom is 0.243 e. The van der Waals surface area contributed by atoms with Crippen LogP contribution in [0.3, 0.4) is 0 Å². The van der Waals surface area contributed by atoms with Crippen molar-refractivity contribution in [2.24, 2.45) is 0 Å². The summed E-state index contributed by atoms with van der Waals surface area (Å²) in [4.78, 5) is 22.4. The molecule has 0 aliphatic rings. The first kappa shape index (κ1) is 13.2. The Bertz CT molecular complexity index is 386. The minimum atomic E-state index is -0.479. The zero-order valence-corrected chi connectivity index (χ0v) is 9.60. The van der Waals surface area contributed by atoms with Gasteiger partial charge in [0.05, 0.1) is 7.11 Å². The van der Waals surface area contributed by atoms with E-state index < -0.39 is 5.91 Å². The molecule has 0 spiro atoms. The van der Waals surface area contributed by atoms with Crippen molar-refractivity contribution in [1.29, 1.82) is 0 Å². The molecular weight excluding hydrogens is 222 g/mol. The Hall–Kier alpha value is -1.88. The second-order valence-electron chi connectivity index (χ2n) is 3.54. The molecule has 0 saturated carbocycles. The highest BCUT2D eigenvalue weighted by Gasteiger charge is 2.07. The van der Waals surface area contributed by atoms with Crippen molar-refractivity contribution in [3.63, 3.8) is 0 Å². The van der Waals surface area contributed by atoms with Crippen molar-refractivity contribution in [3.8, 4) is 5.75 Å². The summed E-state index contributed by atoms with van der Waals surface area (Å²) in [6.45, 7) is 0. The average Bonchev–Trinajstić information content (AvgIpc) is 2.38. The highest BCUT2D eigenvalue weighted by Crippen LogP contribution is 2.13. The first-order chi connectivity index (χ1) is 8.17. The van der Waals surface area contributed by atoms with E-state index in [-0.39, 0.29) is 18.6 Å². The van der Waals surface area contributed by atoms with Crippen molar-refractivity contribution in [1.82, 2.24) is 5.48 Å². The fraction of sp³-hybridized carbons (Fsp3) is 0.333. The third kappa shape index (κ3) is 4.24. The second-order valence-corrected chi connectivity index (χ2v) is 3.54. The lowest BCUT2D eigenvalue weighted by Gasteiger charge is -2.02. The van der Waals surface area contributed by atoms with Gasteiger partial charge in [-0.05, 0) is 30.7 Å².